The molecular formula is C19H21N3O3S. The topological polar surface area (TPSA) is 67.6 Å². The second kappa shape index (κ2) is 8.16. The highest BCUT2D eigenvalue weighted by Crippen LogP contribution is 2.24. The van der Waals surface area contributed by atoms with E-state index < -0.39 is 0 Å². The van der Waals surface area contributed by atoms with Gasteiger partial charge in [-0.15, -0.1) is 11.3 Å². The van der Waals surface area contributed by atoms with Gasteiger partial charge >= 0.3 is 0 Å². The van der Waals surface area contributed by atoms with Crippen LogP contribution in [0.2, 0.25) is 0 Å². The third-order valence-corrected chi connectivity index (χ3v) is 4.91. The molecule has 26 heavy (non-hydrogen) atoms. The number of carbonyl (C=O) groups is 1. The Morgan fingerprint density at radius 1 is 1.31 bits per heavy atom. The highest BCUT2D eigenvalue weighted by Gasteiger charge is 2.18. The van der Waals surface area contributed by atoms with E-state index in [4.69, 9.17) is 9.15 Å². The molecule has 0 aliphatic rings. The zero-order valence-electron chi connectivity index (χ0n) is 14.9. The van der Waals surface area contributed by atoms with Crippen LogP contribution in [0, 0.1) is 0 Å². The third kappa shape index (κ3) is 4.12. The van der Waals surface area contributed by atoms with Crippen LogP contribution < -0.4 is 10.1 Å². The molecule has 0 saturated carbocycles. The number of rotatable bonds is 7. The van der Waals surface area contributed by atoms with Crippen LogP contribution in [0.1, 0.15) is 22.1 Å². The van der Waals surface area contributed by atoms with Gasteiger partial charge < -0.3 is 19.4 Å². The first kappa shape index (κ1) is 18.2. The number of carbonyl (C=O) groups excluding carboxylic acids is 1. The first-order chi connectivity index (χ1) is 12.6. The number of thiazole rings is 1. The van der Waals surface area contributed by atoms with Crippen LogP contribution in [0.4, 0.5) is 0 Å². The fraction of sp³-hybridized carbons (Fsp3) is 0.263. The van der Waals surface area contributed by atoms with Crippen LogP contribution in [-0.2, 0) is 0 Å². The third-order valence-electron chi connectivity index (χ3n) is 4.05. The highest BCUT2D eigenvalue weighted by molar-refractivity contribution is 7.13. The molecule has 0 bridgehead atoms. The molecule has 1 unspecified atom stereocenters. The number of likely N-dealkylation sites (N-methyl/N-ethyl adjacent to an activating group) is 1. The molecule has 1 N–H and O–H groups in total. The van der Waals surface area contributed by atoms with E-state index >= 15 is 0 Å². The molecular weight excluding hydrogens is 350 g/mol. The van der Waals surface area contributed by atoms with Crippen LogP contribution in [-0.4, -0.2) is 43.5 Å². The summed E-state index contributed by atoms with van der Waals surface area (Å²) in [6.45, 7) is 0.478. The van der Waals surface area contributed by atoms with E-state index in [1.165, 1.54) is 11.3 Å². The van der Waals surface area contributed by atoms with Crippen molar-refractivity contribution < 1.29 is 13.9 Å². The Bertz CT molecular complexity index is 841. The maximum Gasteiger partial charge on any atom is 0.270 e. The molecule has 3 rings (SSSR count). The molecule has 2 aromatic heterocycles. The number of benzene rings is 1. The van der Waals surface area contributed by atoms with Gasteiger partial charge in [0, 0.05) is 11.9 Å². The van der Waals surface area contributed by atoms with Gasteiger partial charge in [0.25, 0.3) is 5.91 Å². The summed E-state index contributed by atoms with van der Waals surface area (Å²) in [5.41, 5.74) is 1.50. The summed E-state index contributed by atoms with van der Waals surface area (Å²) in [5, 5.41) is 5.40. The van der Waals surface area contributed by atoms with Crippen LogP contribution in [0.5, 0.6) is 5.75 Å². The average Bonchev–Trinajstić information content (AvgIpc) is 3.33. The SMILES string of the molecule is COc1ccc(C(CNC(=O)c2csc(-c3ccco3)n2)N(C)C)cc1. The molecule has 1 aromatic carbocycles. The van der Waals surface area contributed by atoms with E-state index in [9.17, 15) is 4.79 Å². The Balaban J connectivity index is 1.66. The summed E-state index contributed by atoms with van der Waals surface area (Å²) in [5.74, 6) is 1.28. The number of amides is 1. The van der Waals surface area contributed by atoms with Gasteiger partial charge in [0.1, 0.15) is 11.4 Å². The Morgan fingerprint density at radius 2 is 2.08 bits per heavy atom. The Labute approximate surface area is 156 Å². The standard InChI is InChI=1S/C19H21N3O3S/c1-22(2)16(13-6-8-14(24-3)9-7-13)11-20-18(23)15-12-26-19(21-15)17-5-4-10-25-17/h4-10,12,16H,11H2,1-3H3,(H,20,23). The van der Waals surface area contributed by atoms with Gasteiger partial charge in [0.2, 0.25) is 0 Å². The molecule has 7 heteroatoms. The Hall–Kier alpha value is -2.64. The number of aromatic nitrogens is 1. The monoisotopic (exact) mass is 371 g/mol. The van der Waals surface area contributed by atoms with Crippen LogP contribution >= 0.6 is 11.3 Å². The van der Waals surface area contributed by atoms with Gasteiger partial charge in [-0.25, -0.2) is 4.98 Å². The molecule has 2 heterocycles. The number of hydrogen-bond acceptors (Lipinski definition) is 6. The smallest absolute Gasteiger partial charge is 0.270 e. The maximum atomic E-state index is 12.5. The van der Waals surface area contributed by atoms with E-state index in [1.54, 1.807) is 24.8 Å². The number of methoxy groups -OCH3 is 1. The Kier molecular flexibility index (Phi) is 5.70. The lowest BCUT2D eigenvalue weighted by atomic mass is 10.1. The highest BCUT2D eigenvalue weighted by atomic mass is 32.1. The number of nitrogens with zero attached hydrogens (tertiary/aromatic N) is 2. The normalized spacial score (nSPS) is 12.2. The van der Waals surface area contributed by atoms with Crippen LogP contribution in [0.25, 0.3) is 10.8 Å². The summed E-state index contributed by atoms with van der Waals surface area (Å²) in [6, 6.07) is 11.5. The van der Waals surface area contributed by atoms with Gasteiger partial charge in [-0.1, -0.05) is 12.1 Å². The molecule has 0 fully saturated rings. The van der Waals surface area contributed by atoms with Crippen LogP contribution in [0.15, 0.2) is 52.5 Å². The summed E-state index contributed by atoms with van der Waals surface area (Å²) in [7, 11) is 5.61. The van der Waals surface area contributed by atoms with Gasteiger partial charge in [0.05, 0.1) is 19.4 Å². The van der Waals surface area contributed by atoms with Crippen molar-refractivity contribution in [2.75, 3.05) is 27.7 Å². The summed E-state index contributed by atoms with van der Waals surface area (Å²) >= 11 is 1.39. The lowest BCUT2D eigenvalue weighted by Gasteiger charge is -2.25. The van der Waals surface area contributed by atoms with Crippen molar-refractivity contribution >= 4 is 17.2 Å². The Morgan fingerprint density at radius 3 is 2.69 bits per heavy atom. The van der Waals surface area contributed by atoms with Crippen LogP contribution in [0.3, 0.4) is 0 Å². The van der Waals surface area contributed by atoms with Crippen molar-refractivity contribution in [3.8, 4) is 16.5 Å². The lowest BCUT2D eigenvalue weighted by Crippen LogP contribution is -2.34. The zero-order valence-corrected chi connectivity index (χ0v) is 15.7. The maximum absolute atomic E-state index is 12.5. The van der Waals surface area contributed by atoms with Crippen molar-refractivity contribution in [1.29, 1.82) is 0 Å². The fourth-order valence-electron chi connectivity index (χ4n) is 2.60. The van der Waals surface area contributed by atoms with Gasteiger partial charge in [-0.05, 0) is 43.9 Å². The van der Waals surface area contributed by atoms with E-state index in [0.717, 1.165) is 11.3 Å². The minimum atomic E-state index is -0.195. The summed E-state index contributed by atoms with van der Waals surface area (Å²) < 4.78 is 10.5. The zero-order chi connectivity index (χ0) is 18.5. The molecule has 1 atom stereocenters. The molecule has 1 amide bonds. The lowest BCUT2D eigenvalue weighted by molar-refractivity contribution is 0.0937. The number of nitrogens with one attached hydrogen (secondary N) is 1. The largest absolute Gasteiger partial charge is 0.497 e. The van der Waals surface area contributed by atoms with Gasteiger partial charge in [-0.3, -0.25) is 4.79 Å². The predicted molar refractivity (Wildman–Crippen MR) is 102 cm³/mol. The summed E-state index contributed by atoms with van der Waals surface area (Å²) in [4.78, 5) is 18.9. The molecule has 0 saturated heterocycles. The molecule has 3 aromatic rings. The van der Waals surface area contributed by atoms with Gasteiger partial charge in [-0.2, -0.15) is 0 Å². The second-order valence-corrected chi connectivity index (χ2v) is 6.84. The van der Waals surface area contributed by atoms with Crippen molar-refractivity contribution in [2.45, 2.75) is 6.04 Å². The van der Waals surface area contributed by atoms with Crippen molar-refractivity contribution in [3.63, 3.8) is 0 Å². The van der Waals surface area contributed by atoms with E-state index in [-0.39, 0.29) is 11.9 Å². The fourth-order valence-corrected chi connectivity index (χ4v) is 3.36. The van der Waals surface area contributed by atoms with Crippen molar-refractivity contribution in [3.05, 3.63) is 59.3 Å². The minimum absolute atomic E-state index is 0.0491. The molecule has 0 aliphatic carbocycles. The number of hydrogen-bond donors (Lipinski definition) is 1. The first-order valence-electron chi connectivity index (χ1n) is 8.16. The number of ether oxygens (including phenoxy) is 1. The first-order valence-corrected chi connectivity index (χ1v) is 9.04. The molecule has 6 nitrogen and oxygen atoms in total. The van der Waals surface area contributed by atoms with Crippen molar-refractivity contribution in [1.82, 2.24) is 15.2 Å². The quantitative estimate of drug-likeness (QED) is 0.689. The molecule has 0 aliphatic heterocycles. The summed E-state index contributed by atoms with van der Waals surface area (Å²) in [6.07, 6.45) is 1.59. The van der Waals surface area contributed by atoms with E-state index in [1.807, 2.05) is 44.4 Å². The number of furan rings is 1. The van der Waals surface area contributed by atoms with Crippen molar-refractivity contribution in [2.24, 2.45) is 0 Å². The average molecular weight is 371 g/mol. The predicted octanol–water partition coefficient (Wildman–Crippen LogP) is 3.44. The molecule has 0 spiro atoms. The molecule has 0 radical (unpaired) electrons. The molecule has 136 valence electrons. The van der Waals surface area contributed by atoms with E-state index in [0.29, 0.717) is 23.0 Å². The van der Waals surface area contributed by atoms with E-state index in [2.05, 4.69) is 15.2 Å². The van der Waals surface area contributed by atoms with Gasteiger partial charge in [0.15, 0.2) is 10.8 Å². The second-order valence-electron chi connectivity index (χ2n) is 5.98. The minimum Gasteiger partial charge on any atom is -0.497 e.